The molecule has 2 aromatic carbocycles. The molecule has 138 valence electrons. The number of amides is 2. The Morgan fingerprint density at radius 2 is 1.50 bits per heavy atom. The van der Waals surface area contributed by atoms with Gasteiger partial charge in [0.15, 0.2) is 6.61 Å². The van der Waals surface area contributed by atoms with Gasteiger partial charge in [0.05, 0.1) is 6.61 Å². The number of rotatable bonds is 7. The van der Waals surface area contributed by atoms with Crippen LogP contribution in [0.25, 0.3) is 0 Å². The quantitative estimate of drug-likeness (QED) is 0.673. The van der Waals surface area contributed by atoms with Crippen molar-refractivity contribution in [3.8, 4) is 11.5 Å². The van der Waals surface area contributed by atoms with Crippen molar-refractivity contribution in [2.45, 2.75) is 13.8 Å². The molecule has 0 aliphatic carbocycles. The van der Waals surface area contributed by atoms with Crippen molar-refractivity contribution in [2.75, 3.05) is 13.2 Å². The van der Waals surface area contributed by atoms with Crippen LogP contribution in [0.2, 0.25) is 0 Å². The number of carbonyl (C=O) groups excluding carboxylic acids is 2. The molecule has 26 heavy (non-hydrogen) atoms. The number of hydrogen-bond acceptors (Lipinski definition) is 4. The van der Waals surface area contributed by atoms with Crippen molar-refractivity contribution in [1.29, 1.82) is 0 Å². The zero-order valence-electron chi connectivity index (χ0n) is 14.6. The normalized spacial score (nSPS) is 10.3. The molecule has 0 heterocycles. The van der Waals surface area contributed by atoms with Crippen LogP contribution in [0.3, 0.4) is 0 Å². The van der Waals surface area contributed by atoms with Crippen molar-refractivity contribution in [2.24, 2.45) is 5.92 Å². The van der Waals surface area contributed by atoms with Gasteiger partial charge in [0.2, 0.25) is 0 Å². The summed E-state index contributed by atoms with van der Waals surface area (Å²) in [5.74, 6) is 0.803. The average molecular weight is 421 g/mol. The highest BCUT2D eigenvalue weighted by Gasteiger charge is 2.08. The molecular formula is C19H21BrN2O4. The molecule has 0 aliphatic heterocycles. The van der Waals surface area contributed by atoms with Crippen molar-refractivity contribution in [3.63, 3.8) is 0 Å². The van der Waals surface area contributed by atoms with Gasteiger partial charge in [-0.05, 0) is 54.4 Å². The minimum Gasteiger partial charge on any atom is -0.493 e. The van der Waals surface area contributed by atoms with Gasteiger partial charge < -0.3 is 9.47 Å². The molecule has 0 atom stereocenters. The Balaban J connectivity index is 1.74. The van der Waals surface area contributed by atoms with Crippen molar-refractivity contribution in [1.82, 2.24) is 10.9 Å². The van der Waals surface area contributed by atoms with Crippen LogP contribution in [0.1, 0.15) is 24.2 Å². The Morgan fingerprint density at radius 3 is 2.12 bits per heavy atom. The van der Waals surface area contributed by atoms with E-state index in [1.54, 1.807) is 36.4 Å². The van der Waals surface area contributed by atoms with Crippen LogP contribution in [0.15, 0.2) is 53.0 Å². The lowest BCUT2D eigenvalue weighted by atomic mass is 10.2. The first-order valence-corrected chi connectivity index (χ1v) is 8.94. The van der Waals surface area contributed by atoms with Crippen LogP contribution in [-0.4, -0.2) is 25.0 Å². The molecule has 0 bridgehead atoms. The van der Waals surface area contributed by atoms with Gasteiger partial charge in [0.1, 0.15) is 11.5 Å². The lowest BCUT2D eigenvalue weighted by Gasteiger charge is -2.10. The van der Waals surface area contributed by atoms with Gasteiger partial charge in [-0.25, -0.2) is 0 Å². The summed E-state index contributed by atoms with van der Waals surface area (Å²) in [7, 11) is 0. The minimum atomic E-state index is -0.460. The Morgan fingerprint density at radius 1 is 0.923 bits per heavy atom. The molecule has 0 radical (unpaired) electrons. The van der Waals surface area contributed by atoms with E-state index in [-0.39, 0.29) is 6.61 Å². The summed E-state index contributed by atoms with van der Waals surface area (Å²) in [6, 6.07) is 13.8. The molecule has 0 aromatic heterocycles. The summed E-state index contributed by atoms with van der Waals surface area (Å²) in [6.07, 6.45) is 0. The van der Waals surface area contributed by atoms with Gasteiger partial charge in [0, 0.05) is 10.0 Å². The molecule has 2 amide bonds. The summed E-state index contributed by atoms with van der Waals surface area (Å²) < 4.78 is 11.8. The molecular weight excluding hydrogens is 400 g/mol. The van der Waals surface area contributed by atoms with Gasteiger partial charge >= 0.3 is 0 Å². The predicted molar refractivity (Wildman–Crippen MR) is 102 cm³/mol. The fourth-order valence-corrected chi connectivity index (χ4v) is 2.14. The molecule has 0 aliphatic rings. The SMILES string of the molecule is CC(C)COc1ccc(C(=O)NNC(=O)COc2ccc(Br)cc2)cc1. The molecule has 0 spiro atoms. The molecule has 0 fully saturated rings. The number of ether oxygens (including phenoxy) is 2. The zero-order valence-corrected chi connectivity index (χ0v) is 16.2. The Kier molecular flexibility index (Phi) is 7.47. The summed E-state index contributed by atoms with van der Waals surface area (Å²) in [5.41, 5.74) is 5.07. The van der Waals surface area contributed by atoms with Crippen molar-refractivity contribution < 1.29 is 19.1 Å². The highest BCUT2D eigenvalue weighted by atomic mass is 79.9. The first-order chi connectivity index (χ1) is 12.4. The molecule has 2 aromatic rings. The lowest BCUT2D eigenvalue weighted by Crippen LogP contribution is -2.43. The van der Waals surface area contributed by atoms with Crippen LogP contribution in [0.5, 0.6) is 11.5 Å². The second-order valence-corrected chi connectivity index (χ2v) is 6.89. The second kappa shape index (κ2) is 9.82. The van der Waals surface area contributed by atoms with E-state index in [4.69, 9.17) is 9.47 Å². The predicted octanol–water partition coefficient (Wildman–Crippen LogP) is 3.32. The molecule has 7 heteroatoms. The maximum atomic E-state index is 12.0. The monoisotopic (exact) mass is 420 g/mol. The Hall–Kier alpha value is -2.54. The number of nitrogens with one attached hydrogen (secondary N) is 2. The van der Waals surface area contributed by atoms with Crippen LogP contribution >= 0.6 is 15.9 Å². The Labute approximate surface area is 161 Å². The maximum absolute atomic E-state index is 12.0. The van der Waals surface area contributed by atoms with E-state index in [0.717, 1.165) is 4.47 Å². The van der Waals surface area contributed by atoms with Crippen molar-refractivity contribution in [3.05, 3.63) is 58.6 Å². The van der Waals surface area contributed by atoms with E-state index in [9.17, 15) is 9.59 Å². The minimum absolute atomic E-state index is 0.204. The highest BCUT2D eigenvalue weighted by Crippen LogP contribution is 2.16. The summed E-state index contributed by atoms with van der Waals surface area (Å²) in [6.45, 7) is 4.53. The molecule has 6 nitrogen and oxygen atoms in total. The van der Waals surface area contributed by atoms with E-state index in [1.165, 1.54) is 0 Å². The average Bonchev–Trinajstić information content (AvgIpc) is 2.64. The number of benzene rings is 2. The summed E-state index contributed by atoms with van der Waals surface area (Å²) in [5, 5.41) is 0. The molecule has 0 unspecified atom stereocenters. The molecule has 0 saturated heterocycles. The second-order valence-electron chi connectivity index (χ2n) is 5.97. The van der Waals surface area contributed by atoms with Crippen LogP contribution in [-0.2, 0) is 4.79 Å². The first kappa shape index (κ1) is 19.8. The Bertz CT molecular complexity index is 730. The van der Waals surface area contributed by atoms with Crippen LogP contribution in [0, 0.1) is 5.92 Å². The van der Waals surface area contributed by atoms with Gasteiger partial charge in [-0.3, -0.25) is 20.4 Å². The number of halogens is 1. The largest absolute Gasteiger partial charge is 0.493 e. The number of carbonyl (C=O) groups is 2. The number of hydrazine groups is 1. The molecule has 2 N–H and O–H groups in total. The molecule has 2 rings (SSSR count). The third-order valence-corrected chi connectivity index (χ3v) is 3.73. The molecule has 0 saturated carbocycles. The first-order valence-electron chi connectivity index (χ1n) is 8.14. The zero-order chi connectivity index (χ0) is 18.9. The third-order valence-electron chi connectivity index (χ3n) is 3.20. The number of hydrogen-bond donors (Lipinski definition) is 2. The van der Waals surface area contributed by atoms with Gasteiger partial charge in [-0.1, -0.05) is 29.8 Å². The third kappa shape index (κ3) is 6.76. The fourth-order valence-electron chi connectivity index (χ4n) is 1.88. The van der Waals surface area contributed by atoms with Crippen LogP contribution < -0.4 is 20.3 Å². The summed E-state index contributed by atoms with van der Waals surface area (Å²) in [4.78, 5) is 23.8. The van der Waals surface area contributed by atoms with E-state index in [0.29, 0.717) is 29.6 Å². The lowest BCUT2D eigenvalue weighted by molar-refractivity contribution is -0.123. The standard InChI is InChI=1S/C19H21BrN2O4/c1-13(2)11-25-16-7-3-14(4-8-16)19(24)22-21-18(23)12-26-17-9-5-15(20)6-10-17/h3-10,13H,11-12H2,1-2H3,(H,21,23)(H,22,24). The van der Waals surface area contributed by atoms with E-state index >= 15 is 0 Å². The van der Waals surface area contributed by atoms with Gasteiger partial charge in [-0.15, -0.1) is 0 Å². The fraction of sp³-hybridized carbons (Fsp3) is 0.263. The highest BCUT2D eigenvalue weighted by molar-refractivity contribution is 9.10. The van der Waals surface area contributed by atoms with Gasteiger partial charge in [-0.2, -0.15) is 0 Å². The smallest absolute Gasteiger partial charge is 0.276 e. The van der Waals surface area contributed by atoms with E-state index < -0.39 is 11.8 Å². The maximum Gasteiger partial charge on any atom is 0.276 e. The van der Waals surface area contributed by atoms with E-state index in [2.05, 4.69) is 40.6 Å². The van der Waals surface area contributed by atoms with Crippen LogP contribution in [0.4, 0.5) is 0 Å². The summed E-state index contributed by atoms with van der Waals surface area (Å²) >= 11 is 3.32. The van der Waals surface area contributed by atoms with Gasteiger partial charge in [0.25, 0.3) is 11.8 Å². The van der Waals surface area contributed by atoms with Crippen molar-refractivity contribution >= 4 is 27.7 Å². The topological polar surface area (TPSA) is 76.7 Å². The van der Waals surface area contributed by atoms with E-state index in [1.807, 2.05) is 12.1 Å².